The van der Waals surface area contributed by atoms with E-state index in [1.807, 2.05) is 0 Å². The number of rotatable bonds is 6. The van der Waals surface area contributed by atoms with Crippen LogP contribution in [0.4, 0.5) is 5.69 Å². The van der Waals surface area contributed by atoms with Gasteiger partial charge in [-0.1, -0.05) is 11.6 Å². The molecule has 7 nitrogen and oxygen atoms in total. The number of carbonyl (C=O) groups excluding carboxylic acids is 1. The molecule has 0 saturated carbocycles. The molecule has 9 heteroatoms. The first-order valence-corrected chi connectivity index (χ1v) is 9.62. The molecule has 0 aliphatic rings. The SMILES string of the molecule is COC(=O)c1cc(C)ccc1NS(=O)(=O)CCS(C)(=O)=O. The maximum absolute atomic E-state index is 11.9. The summed E-state index contributed by atoms with van der Waals surface area (Å²) >= 11 is 0. The van der Waals surface area contributed by atoms with Gasteiger partial charge in [-0.15, -0.1) is 0 Å². The molecule has 1 aromatic rings. The van der Waals surface area contributed by atoms with Gasteiger partial charge in [0.15, 0.2) is 0 Å². The maximum atomic E-state index is 11.9. The number of sulfonamides is 1. The Morgan fingerprint density at radius 2 is 1.81 bits per heavy atom. The van der Waals surface area contributed by atoms with Crippen molar-refractivity contribution in [3.8, 4) is 0 Å². The largest absolute Gasteiger partial charge is 0.465 e. The first kappa shape index (κ1) is 17.4. The highest BCUT2D eigenvalue weighted by Gasteiger charge is 2.19. The molecule has 0 fully saturated rings. The van der Waals surface area contributed by atoms with Crippen molar-refractivity contribution < 1.29 is 26.4 Å². The van der Waals surface area contributed by atoms with Gasteiger partial charge in [0, 0.05) is 6.26 Å². The van der Waals surface area contributed by atoms with Crippen molar-refractivity contribution in [2.45, 2.75) is 6.92 Å². The number of aryl methyl sites for hydroxylation is 1. The fraction of sp³-hybridized carbons (Fsp3) is 0.417. The Hall–Kier alpha value is -1.61. The molecule has 0 heterocycles. The Morgan fingerprint density at radius 3 is 2.33 bits per heavy atom. The van der Waals surface area contributed by atoms with E-state index in [9.17, 15) is 21.6 Å². The average molecular weight is 335 g/mol. The molecule has 0 bridgehead atoms. The molecule has 0 aromatic heterocycles. The summed E-state index contributed by atoms with van der Waals surface area (Å²) in [6.07, 6.45) is 0.953. The number of methoxy groups -OCH3 is 1. The van der Waals surface area contributed by atoms with Gasteiger partial charge in [-0.3, -0.25) is 4.72 Å². The van der Waals surface area contributed by atoms with Crippen LogP contribution in [0.5, 0.6) is 0 Å². The quantitative estimate of drug-likeness (QED) is 0.762. The lowest BCUT2D eigenvalue weighted by atomic mass is 10.1. The second-order valence-electron chi connectivity index (χ2n) is 4.59. The summed E-state index contributed by atoms with van der Waals surface area (Å²) in [7, 11) is -6.09. The van der Waals surface area contributed by atoms with Crippen LogP contribution >= 0.6 is 0 Å². The summed E-state index contributed by atoms with van der Waals surface area (Å²) in [5.41, 5.74) is 0.885. The second kappa shape index (κ2) is 6.44. The lowest BCUT2D eigenvalue weighted by Gasteiger charge is -2.12. The monoisotopic (exact) mass is 335 g/mol. The number of hydrogen-bond donors (Lipinski definition) is 1. The smallest absolute Gasteiger partial charge is 0.340 e. The van der Waals surface area contributed by atoms with Crippen molar-refractivity contribution >= 4 is 31.5 Å². The summed E-state index contributed by atoms with van der Waals surface area (Å²) in [6.45, 7) is 1.74. The topological polar surface area (TPSA) is 107 Å². The molecule has 0 amide bonds. The number of hydrogen-bond acceptors (Lipinski definition) is 6. The van der Waals surface area contributed by atoms with Crippen molar-refractivity contribution in [2.24, 2.45) is 0 Å². The summed E-state index contributed by atoms with van der Waals surface area (Å²) < 4.78 is 52.6. The van der Waals surface area contributed by atoms with Crippen LogP contribution in [0.25, 0.3) is 0 Å². The van der Waals surface area contributed by atoms with E-state index in [-0.39, 0.29) is 11.3 Å². The van der Waals surface area contributed by atoms with Gasteiger partial charge in [-0.2, -0.15) is 0 Å². The Bertz CT molecular complexity index is 737. The molecule has 1 rings (SSSR count). The molecule has 0 saturated heterocycles. The molecule has 0 unspecified atom stereocenters. The van der Waals surface area contributed by atoms with Gasteiger partial charge in [-0.05, 0) is 19.1 Å². The van der Waals surface area contributed by atoms with Gasteiger partial charge in [0.25, 0.3) is 0 Å². The van der Waals surface area contributed by atoms with E-state index >= 15 is 0 Å². The summed E-state index contributed by atoms with van der Waals surface area (Å²) in [6, 6.07) is 4.54. The summed E-state index contributed by atoms with van der Waals surface area (Å²) in [4.78, 5) is 11.6. The molecule has 0 spiro atoms. The predicted octanol–water partition coefficient (Wildman–Crippen LogP) is 0.568. The Kier molecular flexibility index (Phi) is 5.35. The van der Waals surface area contributed by atoms with E-state index in [1.54, 1.807) is 13.0 Å². The van der Waals surface area contributed by atoms with Crippen LogP contribution in [0.3, 0.4) is 0 Å². The average Bonchev–Trinajstić information content (AvgIpc) is 2.37. The first-order chi connectivity index (χ1) is 9.54. The standard InChI is InChI=1S/C12H17NO6S2/c1-9-4-5-11(10(8-9)12(14)19-2)13-21(17,18)7-6-20(3,15)16/h4-5,8,13H,6-7H2,1-3H3. The third-order valence-electron chi connectivity index (χ3n) is 2.57. The van der Waals surface area contributed by atoms with Gasteiger partial charge in [0.2, 0.25) is 10.0 Å². The highest BCUT2D eigenvalue weighted by atomic mass is 32.2. The van der Waals surface area contributed by atoms with E-state index in [0.717, 1.165) is 11.8 Å². The number of benzene rings is 1. The Balaban J connectivity index is 3.04. The molecular formula is C12H17NO6S2. The molecule has 1 aromatic carbocycles. The van der Waals surface area contributed by atoms with Crippen LogP contribution in [0.1, 0.15) is 15.9 Å². The maximum Gasteiger partial charge on any atom is 0.340 e. The van der Waals surface area contributed by atoms with Crippen molar-refractivity contribution in [3.63, 3.8) is 0 Å². The van der Waals surface area contributed by atoms with E-state index in [1.165, 1.54) is 19.2 Å². The Labute approximate surface area is 124 Å². The van der Waals surface area contributed by atoms with Crippen molar-refractivity contribution in [2.75, 3.05) is 29.6 Å². The van der Waals surface area contributed by atoms with Crippen LogP contribution in [-0.2, 0) is 24.6 Å². The lowest BCUT2D eigenvalue weighted by Crippen LogP contribution is -2.23. The van der Waals surface area contributed by atoms with Crippen molar-refractivity contribution in [3.05, 3.63) is 29.3 Å². The highest BCUT2D eigenvalue weighted by Crippen LogP contribution is 2.19. The molecule has 0 aliphatic carbocycles. The minimum Gasteiger partial charge on any atom is -0.465 e. The number of ether oxygens (including phenoxy) is 1. The predicted molar refractivity (Wildman–Crippen MR) is 79.6 cm³/mol. The van der Waals surface area contributed by atoms with Crippen LogP contribution in [-0.4, -0.2) is 47.7 Å². The third kappa shape index (κ3) is 5.72. The van der Waals surface area contributed by atoms with Crippen LogP contribution in [0.15, 0.2) is 18.2 Å². The number of esters is 1. The van der Waals surface area contributed by atoms with Crippen molar-refractivity contribution in [1.29, 1.82) is 0 Å². The van der Waals surface area contributed by atoms with Gasteiger partial charge in [0.05, 0.1) is 29.9 Å². The lowest BCUT2D eigenvalue weighted by molar-refractivity contribution is 0.0602. The van der Waals surface area contributed by atoms with Gasteiger partial charge >= 0.3 is 5.97 Å². The normalized spacial score (nSPS) is 12.0. The van der Waals surface area contributed by atoms with Gasteiger partial charge < -0.3 is 4.74 Å². The van der Waals surface area contributed by atoms with Crippen molar-refractivity contribution in [1.82, 2.24) is 0 Å². The fourth-order valence-corrected chi connectivity index (χ4v) is 4.21. The van der Waals surface area contributed by atoms with Crippen LogP contribution in [0, 0.1) is 6.92 Å². The molecule has 0 atom stereocenters. The summed E-state index contributed by atoms with van der Waals surface area (Å²) in [5, 5.41) is 0. The van der Waals surface area contributed by atoms with Gasteiger partial charge in [0.1, 0.15) is 9.84 Å². The number of sulfone groups is 1. The molecular weight excluding hydrogens is 318 g/mol. The van der Waals surface area contributed by atoms with Crippen LogP contribution < -0.4 is 4.72 Å². The zero-order valence-corrected chi connectivity index (χ0v) is 13.5. The van der Waals surface area contributed by atoms with E-state index < -0.39 is 37.3 Å². The Morgan fingerprint density at radius 1 is 1.19 bits per heavy atom. The molecule has 1 N–H and O–H groups in total. The number of anilines is 1. The van der Waals surface area contributed by atoms with Crippen LogP contribution in [0.2, 0.25) is 0 Å². The zero-order chi connectivity index (χ0) is 16.3. The number of carbonyl (C=O) groups is 1. The van der Waals surface area contributed by atoms with Gasteiger partial charge in [-0.25, -0.2) is 21.6 Å². The first-order valence-electron chi connectivity index (χ1n) is 5.91. The minimum absolute atomic E-state index is 0.0564. The molecule has 118 valence electrons. The highest BCUT2D eigenvalue weighted by molar-refractivity contribution is 7.95. The van der Waals surface area contributed by atoms with E-state index in [4.69, 9.17) is 0 Å². The van der Waals surface area contributed by atoms with E-state index in [2.05, 4.69) is 9.46 Å². The molecule has 0 radical (unpaired) electrons. The molecule has 0 aliphatic heterocycles. The zero-order valence-electron chi connectivity index (χ0n) is 11.9. The fourth-order valence-electron chi connectivity index (χ4n) is 1.51. The second-order valence-corrected chi connectivity index (χ2v) is 8.69. The summed E-state index contributed by atoms with van der Waals surface area (Å²) in [5.74, 6) is -1.76. The number of nitrogens with one attached hydrogen (secondary N) is 1. The molecule has 21 heavy (non-hydrogen) atoms. The minimum atomic E-state index is -3.88. The van der Waals surface area contributed by atoms with E-state index in [0.29, 0.717) is 0 Å². The third-order valence-corrected chi connectivity index (χ3v) is 5.05.